The van der Waals surface area contributed by atoms with Gasteiger partial charge in [0, 0.05) is 26.2 Å². The first-order valence-corrected chi connectivity index (χ1v) is 11.5. The summed E-state index contributed by atoms with van der Waals surface area (Å²) in [6.07, 6.45) is 0. The summed E-state index contributed by atoms with van der Waals surface area (Å²) in [6.45, 7) is 3.64. The van der Waals surface area contributed by atoms with Gasteiger partial charge in [0.15, 0.2) is 11.5 Å². The number of hydrogen-bond acceptors (Lipinski definition) is 5. The van der Waals surface area contributed by atoms with E-state index in [9.17, 15) is 17.6 Å². The molecule has 2 aliphatic heterocycles. The average Bonchev–Trinajstić information content (AvgIpc) is 2.78. The zero-order valence-electron chi connectivity index (χ0n) is 17.1. The summed E-state index contributed by atoms with van der Waals surface area (Å²) in [4.78, 5) is 14.2. The van der Waals surface area contributed by atoms with Gasteiger partial charge < -0.3 is 19.7 Å². The summed E-state index contributed by atoms with van der Waals surface area (Å²) < 4.78 is 51.2. The monoisotopic (exact) mass is 449 g/mol. The van der Waals surface area contributed by atoms with Crippen LogP contribution >= 0.6 is 0 Å². The third-order valence-electron chi connectivity index (χ3n) is 5.37. The van der Waals surface area contributed by atoms with E-state index in [0.717, 1.165) is 11.6 Å². The second-order valence-electron chi connectivity index (χ2n) is 7.42. The molecule has 2 aromatic rings. The number of hydrogen-bond donors (Lipinski definition) is 1. The number of rotatable bonds is 4. The first-order chi connectivity index (χ1) is 14.8. The quantitative estimate of drug-likeness (QED) is 0.774. The molecular formula is C21H24FN3O5S. The Labute approximate surface area is 180 Å². The van der Waals surface area contributed by atoms with Crippen LogP contribution in [0.25, 0.3) is 0 Å². The number of amides is 2. The third-order valence-corrected chi connectivity index (χ3v) is 7.26. The van der Waals surface area contributed by atoms with E-state index in [4.69, 9.17) is 9.47 Å². The normalized spacial score (nSPS) is 17.8. The standard InChI is InChI=1S/C21H24FN3O5S/c1-15(16-5-6-19-20(13-16)30-12-11-29-19)23-21(26)24-7-9-25(10-8-24)31(27,28)18-4-2-3-17(22)14-18/h2-6,13-15H,7-12H2,1H3,(H,23,26). The molecule has 31 heavy (non-hydrogen) atoms. The second-order valence-corrected chi connectivity index (χ2v) is 9.36. The van der Waals surface area contributed by atoms with Crippen molar-refractivity contribution in [3.63, 3.8) is 0 Å². The lowest BCUT2D eigenvalue weighted by atomic mass is 10.1. The van der Waals surface area contributed by atoms with Gasteiger partial charge in [-0.1, -0.05) is 12.1 Å². The van der Waals surface area contributed by atoms with Crippen LogP contribution in [0.5, 0.6) is 11.5 Å². The molecule has 0 radical (unpaired) electrons. The van der Waals surface area contributed by atoms with Crippen molar-refractivity contribution in [1.82, 2.24) is 14.5 Å². The number of nitrogens with one attached hydrogen (secondary N) is 1. The molecule has 1 atom stereocenters. The molecule has 4 rings (SSSR count). The molecule has 8 nitrogen and oxygen atoms in total. The molecular weight excluding hydrogens is 425 g/mol. The van der Waals surface area contributed by atoms with Gasteiger partial charge in [-0.2, -0.15) is 4.31 Å². The molecule has 0 aromatic heterocycles. The van der Waals surface area contributed by atoms with Crippen LogP contribution in [0.1, 0.15) is 18.5 Å². The number of halogens is 1. The van der Waals surface area contributed by atoms with Gasteiger partial charge in [-0.15, -0.1) is 0 Å². The van der Waals surface area contributed by atoms with E-state index in [-0.39, 0.29) is 43.1 Å². The number of ether oxygens (including phenoxy) is 2. The van der Waals surface area contributed by atoms with Gasteiger partial charge >= 0.3 is 6.03 Å². The molecule has 166 valence electrons. The molecule has 1 N–H and O–H groups in total. The van der Waals surface area contributed by atoms with E-state index < -0.39 is 15.8 Å². The fourth-order valence-corrected chi connectivity index (χ4v) is 5.05. The lowest BCUT2D eigenvalue weighted by molar-refractivity contribution is 0.168. The van der Waals surface area contributed by atoms with Crippen LogP contribution in [-0.4, -0.2) is 63.0 Å². The van der Waals surface area contributed by atoms with Crippen molar-refractivity contribution in [2.45, 2.75) is 17.9 Å². The van der Waals surface area contributed by atoms with Gasteiger partial charge in [-0.25, -0.2) is 17.6 Å². The van der Waals surface area contributed by atoms with E-state index in [1.54, 1.807) is 4.90 Å². The van der Waals surface area contributed by atoms with Gasteiger partial charge in [0.05, 0.1) is 10.9 Å². The highest BCUT2D eigenvalue weighted by Crippen LogP contribution is 2.32. The number of carbonyl (C=O) groups excluding carboxylic acids is 1. The Balaban J connectivity index is 1.35. The minimum absolute atomic E-state index is 0.0855. The van der Waals surface area contributed by atoms with Crippen LogP contribution in [0.2, 0.25) is 0 Å². The zero-order valence-corrected chi connectivity index (χ0v) is 17.9. The number of nitrogens with zero attached hydrogens (tertiary/aromatic N) is 2. The van der Waals surface area contributed by atoms with Crippen molar-refractivity contribution >= 4 is 16.1 Å². The smallest absolute Gasteiger partial charge is 0.317 e. The number of piperazine rings is 1. The minimum atomic E-state index is -3.80. The maximum Gasteiger partial charge on any atom is 0.317 e. The summed E-state index contributed by atoms with van der Waals surface area (Å²) in [7, 11) is -3.80. The van der Waals surface area contributed by atoms with Crippen molar-refractivity contribution in [1.29, 1.82) is 0 Å². The van der Waals surface area contributed by atoms with Crippen LogP contribution in [-0.2, 0) is 10.0 Å². The summed E-state index contributed by atoms with van der Waals surface area (Å²) in [5.74, 6) is 0.734. The average molecular weight is 450 g/mol. The first-order valence-electron chi connectivity index (χ1n) is 10.1. The van der Waals surface area contributed by atoms with Crippen molar-refractivity contribution in [2.24, 2.45) is 0 Å². The predicted molar refractivity (Wildman–Crippen MR) is 111 cm³/mol. The van der Waals surface area contributed by atoms with Crippen molar-refractivity contribution in [3.8, 4) is 11.5 Å². The SMILES string of the molecule is CC(NC(=O)N1CCN(S(=O)(=O)c2cccc(F)c2)CC1)c1ccc2c(c1)OCCO2. The van der Waals surface area contributed by atoms with E-state index in [1.807, 2.05) is 25.1 Å². The first kappa shape index (κ1) is 21.4. The summed E-state index contributed by atoms with van der Waals surface area (Å²) >= 11 is 0. The lowest BCUT2D eigenvalue weighted by Gasteiger charge is -2.34. The maximum absolute atomic E-state index is 13.4. The van der Waals surface area contributed by atoms with Gasteiger partial charge in [-0.05, 0) is 42.8 Å². The lowest BCUT2D eigenvalue weighted by Crippen LogP contribution is -2.53. The van der Waals surface area contributed by atoms with Crippen LogP contribution in [0.15, 0.2) is 47.4 Å². The van der Waals surface area contributed by atoms with Crippen LogP contribution in [0.3, 0.4) is 0 Å². The maximum atomic E-state index is 13.4. The molecule has 1 unspecified atom stereocenters. The molecule has 10 heteroatoms. The van der Waals surface area contributed by atoms with Gasteiger partial charge in [0.25, 0.3) is 0 Å². The van der Waals surface area contributed by atoms with E-state index in [2.05, 4.69) is 5.32 Å². The molecule has 0 spiro atoms. The fraction of sp³-hybridized carbons (Fsp3) is 0.381. The van der Waals surface area contributed by atoms with Crippen LogP contribution in [0.4, 0.5) is 9.18 Å². The molecule has 2 aliphatic rings. The van der Waals surface area contributed by atoms with E-state index in [1.165, 1.54) is 22.5 Å². The summed E-state index contributed by atoms with van der Waals surface area (Å²) in [5, 5.41) is 2.94. The van der Waals surface area contributed by atoms with Gasteiger partial charge in [-0.3, -0.25) is 0 Å². The predicted octanol–water partition coefficient (Wildman–Crippen LogP) is 2.37. The number of benzene rings is 2. The molecule has 0 aliphatic carbocycles. The molecule has 0 saturated carbocycles. The second kappa shape index (κ2) is 8.72. The highest BCUT2D eigenvalue weighted by Gasteiger charge is 2.30. The Morgan fingerprint density at radius 2 is 1.74 bits per heavy atom. The topological polar surface area (TPSA) is 88.2 Å². The number of urea groups is 1. The highest BCUT2D eigenvalue weighted by atomic mass is 32.2. The van der Waals surface area contributed by atoms with E-state index >= 15 is 0 Å². The largest absolute Gasteiger partial charge is 0.486 e. The minimum Gasteiger partial charge on any atom is -0.486 e. The van der Waals surface area contributed by atoms with Gasteiger partial charge in [0.1, 0.15) is 19.0 Å². The molecule has 1 fully saturated rings. The van der Waals surface area contributed by atoms with Gasteiger partial charge in [0.2, 0.25) is 10.0 Å². The summed E-state index contributed by atoms with van der Waals surface area (Å²) in [6, 6.07) is 9.95. The van der Waals surface area contributed by atoms with Crippen molar-refractivity contribution in [3.05, 3.63) is 53.8 Å². The van der Waals surface area contributed by atoms with Crippen LogP contribution < -0.4 is 14.8 Å². The molecule has 0 bridgehead atoms. The molecule has 2 heterocycles. The fourth-order valence-electron chi connectivity index (χ4n) is 3.60. The Morgan fingerprint density at radius 1 is 1.03 bits per heavy atom. The van der Waals surface area contributed by atoms with Crippen LogP contribution in [0, 0.1) is 5.82 Å². The molecule has 2 aromatic carbocycles. The van der Waals surface area contributed by atoms with Crippen molar-refractivity contribution < 1.29 is 27.1 Å². The number of sulfonamides is 1. The molecule has 2 amide bonds. The number of fused-ring (bicyclic) bond motifs is 1. The third kappa shape index (κ3) is 4.59. The Hall–Kier alpha value is -2.85. The number of carbonyl (C=O) groups is 1. The van der Waals surface area contributed by atoms with Crippen molar-refractivity contribution in [2.75, 3.05) is 39.4 Å². The Morgan fingerprint density at radius 3 is 2.45 bits per heavy atom. The summed E-state index contributed by atoms with van der Waals surface area (Å²) in [5.41, 5.74) is 0.880. The highest BCUT2D eigenvalue weighted by molar-refractivity contribution is 7.89. The molecule has 1 saturated heterocycles. The van der Waals surface area contributed by atoms with E-state index in [0.29, 0.717) is 24.7 Å². The Bertz CT molecular complexity index is 1070. The zero-order chi connectivity index (χ0) is 22.0. The Kier molecular flexibility index (Phi) is 6.01.